The zero-order valence-electron chi connectivity index (χ0n) is 8.98. The maximum Gasteiger partial charge on any atom is 0.303 e. The van der Waals surface area contributed by atoms with Crippen LogP contribution in [0.2, 0.25) is 0 Å². The zero-order chi connectivity index (χ0) is 10.9. The van der Waals surface area contributed by atoms with Crippen LogP contribution in [0.4, 0.5) is 0 Å². The number of carboxylic acids is 1. The minimum Gasteiger partial charge on any atom is -0.481 e. The van der Waals surface area contributed by atoms with E-state index in [9.17, 15) is 4.79 Å². The third-order valence-electron chi connectivity index (χ3n) is 3.93. The van der Waals surface area contributed by atoms with Crippen LogP contribution >= 0.6 is 0 Å². The summed E-state index contributed by atoms with van der Waals surface area (Å²) >= 11 is 0. The number of nitrogens with two attached hydrogens (primary N) is 1. The largest absolute Gasteiger partial charge is 0.481 e. The van der Waals surface area contributed by atoms with E-state index in [1.54, 1.807) is 0 Å². The van der Waals surface area contributed by atoms with Gasteiger partial charge >= 0.3 is 5.97 Å². The summed E-state index contributed by atoms with van der Waals surface area (Å²) in [5.41, 5.74) is 5.96. The van der Waals surface area contributed by atoms with E-state index in [0.29, 0.717) is 30.2 Å². The molecule has 0 aromatic heterocycles. The molecule has 1 spiro atoms. The Labute approximate surface area is 90.3 Å². The lowest BCUT2D eigenvalue weighted by Crippen LogP contribution is -2.20. The molecule has 2 rings (SSSR count). The molecule has 0 aliphatic heterocycles. The second kappa shape index (κ2) is 3.97. The van der Waals surface area contributed by atoms with Crippen LogP contribution in [0, 0.1) is 17.3 Å². The first-order valence-electron chi connectivity index (χ1n) is 5.79. The quantitative estimate of drug-likeness (QED) is 0.678. The van der Waals surface area contributed by atoms with Crippen molar-refractivity contribution in [3.8, 4) is 0 Å². The highest BCUT2D eigenvalue weighted by atomic mass is 16.4. The molecule has 0 amide bonds. The van der Waals surface area contributed by atoms with Crippen molar-refractivity contribution >= 4 is 5.97 Å². The highest BCUT2D eigenvalue weighted by molar-refractivity contribution is 5.66. The number of carboxylic acid groups (broad SMARTS) is 1. The molecule has 1 fully saturated rings. The molecule has 1 saturated carbocycles. The number of rotatable bonds is 5. The minimum atomic E-state index is -0.677. The lowest BCUT2D eigenvalue weighted by molar-refractivity contribution is -0.137. The molecule has 3 heteroatoms. The summed E-state index contributed by atoms with van der Waals surface area (Å²) < 4.78 is 0. The van der Waals surface area contributed by atoms with E-state index in [-0.39, 0.29) is 0 Å². The molecule has 2 aliphatic carbocycles. The van der Waals surface area contributed by atoms with E-state index in [0.717, 1.165) is 12.8 Å². The van der Waals surface area contributed by atoms with Crippen molar-refractivity contribution < 1.29 is 9.90 Å². The van der Waals surface area contributed by atoms with E-state index < -0.39 is 5.97 Å². The van der Waals surface area contributed by atoms with Gasteiger partial charge in [0.1, 0.15) is 0 Å². The van der Waals surface area contributed by atoms with E-state index >= 15 is 0 Å². The minimum absolute atomic E-state index is 0.301. The van der Waals surface area contributed by atoms with Crippen LogP contribution in [0.1, 0.15) is 32.1 Å². The van der Waals surface area contributed by atoms with Crippen molar-refractivity contribution in [1.29, 1.82) is 0 Å². The maximum absolute atomic E-state index is 10.6. The van der Waals surface area contributed by atoms with Gasteiger partial charge < -0.3 is 10.8 Å². The van der Waals surface area contributed by atoms with Gasteiger partial charge in [0.15, 0.2) is 0 Å². The van der Waals surface area contributed by atoms with Crippen molar-refractivity contribution in [2.75, 3.05) is 6.54 Å². The summed E-state index contributed by atoms with van der Waals surface area (Å²) in [5.74, 6) is 0.387. The van der Waals surface area contributed by atoms with Crippen molar-refractivity contribution in [1.82, 2.24) is 0 Å². The van der Waals surface area contributed by atoms with Crippen LogP contribution in [-0.2, 0) is 4.79 Å². The smallest absolute Gasteiger partial charge is 0.303 e. The first-order valence-corrected chi connectivity index (χ1v) is 5.79. The van der Waals surface area contributed by atoms with Crippen molar-refractivity contribution in [3.63, 3.8) is 0 Å². The number of hydrogen-bond donors (Lipinski definition) is 2. The Hall–Kier alpha value is -0.830. The highest BCUT2D eigenvalue weighted by Crippen LogP contribution is 2.61. The number of aliphatic carboxylic acids is 1. The van der Waals surface area contributed by atoms with Gasteiger partial charge in [0.2, 0.25) is 0 Å². The fourth-order valence-corrected chi connectivity index (χ4v) is 2.95. The van der Waals surface area contributed by atoms with Gasteiger partial charge in [0, 0.05) is 6.42 Å². The van der Waals surface area contributed by atoms with Gasteiger partial charge in [-0.15, -0.1) is 0 Å². The molecule has 0 saturated heterocycles. The lowest BCUT2D eigenvalue weighted by atomic mass is 9.80. The first-order chi connectivity index (χ1) is 7.18. The van der Waals surface area contributed by atoms with Crippen LogP contribution in [0.5, 0.6) is 0 Å². The molecule has 2 aliphatic rings. The molecular weight excluding hydrogens is 190 g/mol. The number of allylic oxidation sites excluding steroid dienone is 2. The van der Waals surface area contributed by atoms with Crippen LogP contribution in [0.3, 0.4) is 0 Å². The number of hydrogen-bond acceptors (Lipinski definition) is 2. The molecule has 0 bridgehead atoms. The Morgan fingerprint density at radius 2 is 2.20 bits per heavy atom. The van der Waals surface area contributed by atoms with E-state index in [2.05, 4.69) is 12.2 Å². The van der Waals surface area contributed by atoms with Gasteiger partial charge in [-0.2, -0.15) is 0 Å². The summed E-state index contributed by atoms with van der Waals surface area (Å²) in [7, 11) is 0. The summed E-state index contributed by atoms with van der Waals surface area (Å²) in [5, 5.41) is 8.74. The van der Waals surface area contributed by atoms with E-state index in [1.165, 1.54) is 12.8 Å². The summed E-state index contributed by atoms with van der Waals surface area (Å²) in [4.78, 5) is 10.6. The van der Waals surface area contributed by atoms with Gasteiger partial charge in [-0.05, 0) is 49.5 Å². The monoisotopic (exact) mass is 209 g/mol. The van der Waals surface area contributed by atoms with Crippen molar-refractivity contribution in [2.45, 2.75) is 32.1 Å². The molecule has 0 aromatic carbocycles. The highest BCUT2D eigenvalue weighted by Gasteiger charge is 2.51. The normalized spacial score (nSPS) is 31.0. The van der Waals surface area contributed by atoms with Gasteiger partial charge in [-0.1, -0.05) is 12.2 Å². The molecule has 0 radical (unpaired) electrons. The van der Waals surface area contributed by atoms with E-state index in [4.69, 9.17) is 10.8 Å². The molecule has 2 unspecified atom stereocenters. The third kappa shape index (κ3) is 2.07. The lowest BCUT2D eigenvalue weighted by Gasteiger charge is -2.24. The Kier molecular flexibility index (Phi) is 2.83. The van der Waals surface area contributed by atoms with Crippen molar-refractivity contribution in [3.05, 3.63) is 12.2 Å². The molecule has 3 N–H and O–H groups in total. The Bertz CT molecular complexity index is 281. The summed E-state index contributed by atoms with van der Waals surface area (Å²) in [6.45, 7) is 0.703. The Morgan fingerprint density at radius 1 is 1.47 bits per heavy atom. The van der Waals surface area contributed by atoms with Crippen LogP contribution < -0.4 is 5.73 Å². The third-order valence-corrected chi connectivity index (χ3v) is 3.93. The second-order valence-corrected chi connectivity index (χ2v) is 4.87. The summed E-state index contributed by atoms with van der Waals surface area (Å²) in [6, 6.07) is 0. The molecule has 0 heterocycles. The topological polar surface area (TPSA) is 63.3 Å². The zero-order valence-corrected chi connectivity index (χ0v) is 8.98. The van der Waals surface area contributed by atoms with Gasteiger partial charge in [0.05, 0.1) is 0 Å². The predicted molar refractivity (Wildman–Crippen MR) is 58.3 cm³/mol. The van der Waals surface area contributed by atoms with Gasteiger partial charge in [0.25, 0.3) is 0 Å². The summed E-state index contributed by atoms with van der Waals surface area (Å²) in [6.07, 6.45) is 9.20. The second-order valence-electron chi connectivity index (χ2n) is 4.87. The molecule has 3 nitrogen and oxygen atoms in total. The SMILES string of the molecule is NCCC1C=CC2(CC2)C1CCC(=O)O. The molecule has 0 aromatic rings. The fourth-order valence-electron chi connectivity index (χ4n) is 2.95. The molecule has 84 valence electrons. The van der Waals surface area contributed by atoms with Gasteiger partial charge in [-0.3, -0.25) is 4.79 Å². The first kappa shape index (κ1) is 10.7. The van der Waals surface area contributed by atoms with Crippen LogP contribution in [0.15, 0.2) is 12.2 Å². The van der Waals surface area contributed by atoms with Crippen molar-refractivity contribution in [2.24, 2.45) is 23.0 Å². The Morgan fingerprint density at radius 3 is 2.73 bits per heavy atom. The maximum atomic E-state index is 10.6. The molecule has 15 heavy (non-hydrogen) atoms. The van der Waals surface area contributed by atoms with E-state index in [1.807, 2.05) is 0 Å². The average Bonchev–Trinajstić information content (AvgIpc) is 2.86. The molecule has 2 atom stereocenters. The van der Waals surface area contributed by atoms with Gasteiger partial charge in [-0.25, -0.2) is 0 Å². The number of carbonyl (C=O) groups is 1. The van der Waals surface area contributed by atoms with Crippen LogP contribution in [0.25, 0.3) is 0 Å². The average molecular weight is 209 g/mol. The predicted octanol–water partition coefficient (Wildman–Crippen LogP) is 1.78. The molecular formula is C12H19NO2. The fraction of sp³-hybridized carbons (Fsp3) is 0.750. The Balaban J connectivity index is 1.95. The standard InChI is InChI=1S/C12H19NO2/c13-8-4-9-3-5-12(6-7-12)10(9)1-2-11(14)15/h3,5,9-10H,1-2,4,6-8,13H2,(H,14,15). The van der Waals surface area contributed by atoms with Crippen LogP contribution in [-0.4, -0.2) is 17.6 Å².